The molecule has 0 saturated carbocycles. The fraction of sp³-hybridized carbons (Fsp3) is 0.286. The lowest BCUT2D eigenvalue weighted by Gasteiger charge is -2.29. The molecular weight excluding hydrogens is 480 g/mol. The highest BCUT2D eigenvalue weighted by molar-refractivity contribution is 5.74. The van der Waals surface area contributed by atoms with E-state index in [-0.39, 0.29) is 11.8 Å². The Balaban J connectivity index is 1.45. The Kier molecular flexibility index (Phi) is 10.3. The minimum atomic E-state index is -0.275. The fourth-order valence-corrected chi connectivity index (χ4v) is 4.98. The summed E-state index contributed by atoms with van der Waals surface area (Å²) < 4.78 is 6.09. The zero-order valence-electron chi connectivity index (χ0n) is 23.2. The maximum absolute atomic E-state index is 11.0. The molecule has 202 valence electrons. The van der Waals surface area contributed by atoms with Gasteiger partial charge in [0.05, 0.1) is 6.61 Å². The number of hydrogen-bond donors (Lipinski definition) is 1. The van der Waals surface area contributed by atoms with Crippen LogP contribution in [-0.4, -0.2) is 30.5 Å². The molecule has 1 amide bonds. The van der Waals surface area contributed by atoms with Crippen LogP contribution in [0, 0.1) is 13.8 Å². The van der Waals surface area contributed by atoms with Crippen LogP contribution in [-0.2, 0) is 17.8 Å². The van der Waals surface area contributed by atoms with Crippen molar-refractivity contribution in [2.24, 2.45) is 5.73 Å². The lowest BCUT2D eigenvalue weighted by atomic mass is 9.90. The van der Waals surface area contributed by atoms with E-state index in [1.807, 2.05) is 24.3 Å². The number of ether oxygens (including phenoxy) is 1. The van der Waals surface area contributed by atoms with E-state index >= 15 is 0 Å². The van der Waals surface area contributed by atoms with Crippen molar-refractivity contribution in [3.05, 3.63) is 137 Å². The van der Waals surface area contributed by atoms with Crippen LogP contribution in [0.25, 0.3) is 0 Å². The van der Waals surface area contributed by atoms with Gasteiger partial charge in [-0.15, -0.1) is 0 Å². The van der Waals surface area contributed by atoms with Crippen LogP contribution in [0.3, 0.4) is 0 Å². The SMILES string of the molecule is Cc1ccc(C)c(CN(CCCOc2ccc(CCC(N)=O)cc2)CC(c2ccccc2)c2ccccc2)c1. The van der Waals surface area contributed by atoms with Crippen molar-refractivity contribution >= 4 is 5.91 Å². The molecule has 0 saturated heterocycles. The van der Waals surface area contributed by atoms with E-state index < -0.39 is 0 Å². The van der Waals surface area contributed by atoms with Gasteiger partial charge in [0.15, 0.2) is 0 Å². The van der Waals surface area contributed by atoms with E-state index in [2.05, 4.69) is 97.6 Å². The Bertz CT molecular complexity index is 1260. The average Bonchev–Trinajstić information content (AvgIpc) is 2.96. The third-order valence-electron chi connectivity index (χ3n) is 7.21. The molecule has 0 aliphatic rings. The Labute approximate surface area is 233 Å². The van der Waals surface area contributed by atoms with Crippen LogP contribution in [0.5, 0.6) is 5.75 Å². The Morgan fingerprint density at radius 3 is 2.10 bits per heavy atom. The van der Waals surface area contributed by atoms with Crippen molar-refractivity contribution in [2.45, 2.75) is 45.6 Å². The summed E-state index contributed by atoms with van der Waals surface area (Å²) in [7, 11) is 0. The molecule has 4 aromatic rings. The molecule has 0 atom stereocenters. The largest absolute Gasteiger partial charge is 0.494 e. The van der Waals surface area contributed by atoms with Crippen molar-refractivity contribution in [3.8, 4) is 5.75 Å². The molecule has 0 spiro atoms. The van der Waals surface area contributed by atoms with E-state index in [1.165, 1.54) is 27.8 Å². The quantitative estimate of drug-likeness (QED) is 0.186. The third-order valence-corrected chi connectivity index (χ3v) is 7.21. The molecule has 0 bridgehead atoms. The summed E-state index contributed by atoms with van der Waals surface area (Å²) in [6, 6.07) is 36.4. The lowest BCUT2D eigenvalue weighted by molar-refractivity contribution is -0.117. The van der Waals surface area contributed by atoms with Crippen LogP contribution < -0.4 is 10.5 Å². The van der Waals surface area contributed by atoms with Gasteiger partial charge in [-0.2, -0.15) is 0 Å². The number of primary amides is 1. The second-order valence-electron chi connectivity index (χ2n) is 10.4. The second kappa shape index (κ2) is 14.3. The molecule has 2 N–H and O–H groups in total. The maximum atomic E-state index is 11.0. The van der Waals surface area contributed by atoms with E-state index in [1.54, 1.807) is 0 Å². The summed E-state index contributed by atoms with van der Waals surface area (Å²) in [4.78, 5) is 13.6. The summed E-state index contributed by atoms with van der Waals surface area (Å²) in [6.45, 7) is 7.77. The zero-order valence-corrected chi connectivity index (χ0v) is 23.2. The Morgan fingerprint density at radius 2 is 1.49 bits per heavy atom. The van der Waals surface area contributed by atoms with Gasteiger partial charge in [-0.1, -0.05) is 96.6 Å². The molecule has 0 aliphatic carbocycles. The number of nitrogens with zero attached hydrogens (tertiary/aromatic N) is 1. The van der Waals surface area contributed by atoms with Gasteiger partial charge in [0.1, 0.15) is 5.75 Å². The Hall–Kier alpha value is -3.89. The van der Waals surface area contributed by atoms with Crippen molar-refractivity contribution in [3.63, 3.8) is 0 Å². The number of amides is 1. The summed E-state index contributed by atoms with van der Waals surface area (Å²) in [5, 5.41) is 0. The summed E-state index contributed by atoms with van der Waals surface area (Å²) in [5.41, 5.74) is 13.0. The van der Waals surface area contributed by atoms with Crippen molar-refractivity contribution in [1.82, 2.24) is 4.90 Å². The van der Waals surface area contributed by atoms with Gasteiger partial charge >= 0.3 is 0 Å². The molecular formula is C35H40N2O2. The molecule has 4 rings (SSSR count). The van der Waals surface area contributed by atoms with Crippen molar-refractivity contribution < 1.29 is 9.53 Å². The van der Waals surface area contributed by atoms with E-state index in [9.17, 15) is 4.79 Å². The highest BCUT2D eigenvalue weighted by Gasteiger charge is 2.19. The summed E-state index contributed by atoms with van der Waals surface area (Å²) in [6.07, 6.45) is 1.95. The molecule has 0 heterocycles. The van der Waals surface area contributed by atoms with Gasteiger partial charge in [-0.3, -0.25) is 9.69 Å². The van der Waals surface area contributed by atoms with Crippen LogP contribution in [0.2, 0.25) is 0 Å². The molecule has 0 unspecified atom stereocenters. The first-order valence-corrected chi connectivity index (χ1v) is 13.9. The normalized spacial score (nSPS) is 11.2. The van der Waals surface area contributed by atoms with Crippen LogP contribution in [0.15, 0.2) is 103 Å². The van der Waals surface area contributed by atoms with E-state index in [0.717, 1.165) is 37.4 Å². The maximum Gasteiger partial charge on any atom is 0.217 e. The number of rotatable bonds is 14. The highest BCUT2D eigenvalue weighted by Crippen LogP contribution is 2.27. The monoisotopic (exact) mass is 520 g/mol. The average molecular weight is 521 g/mol. The number of nitrogens with two attached hydrogens (primary N) is 1. The van der Waals surface area contributed by atoms with Gasteiger partial charge in [-0.25, -0.2) is 0 Å². The van der Waals surface area contributed by atoms with Crippen molar-refractivity contribution in [1.29, 1.82) is 0 Å². The molecule has 0 aliphatic heterocycles. The van der Waals surface area contributed by atoms with Gasteiger partial charge in [0, 0.05) is 32.0 Å². The molecule has 0 fully saturated rings. The number of aryl methyl sites for hydroxylation is 3. The van der Waals surface area contributed by atoms with Crippen LogP contribution in [0.1, 0.15) is 52.1 Å². The van der Waals surface area contributed by atoms with Crippen LogP contribution >= 0.6 is 0 Å². The molecule has 4 nitrogen and oxygen atoms in total. The third kappa shape index (κ3) is 8.83. The second-order valence-corrected chi connectivity index (χ2v) is 10.4. The summed E-state index contributed by atoms with van der Waals surface area (Å²) >= 11 is 0. The first kappa shape index (κ1) is 28.1. The minimum Gasteiger partial charge on any atom is -0.494 e. The summed E-state index contributed by atoms with van der Waals surface area (Å²) in [5.74, 6) is 0.860. The predicted octanol–water partition coefficient (Wildman–Crippen LogP) is 6.82. The van der Waals surface area contributed by atoms with Crippen LogP contribution in [0.4, 0.5) is 0 Å². The molecule has 4 aromatic carbocycles. The predicted molar refractivity (Wildman–Crippen MR) is 160 cm³/mol. The van der Waals surface area contributed by atoms with Gasteiger partial charge in [0.25, 0.3) is 0 Å². The van der Waals surface area contributed by atoms with Gasteiger partial charge in [-0.05, 0) is 66.6 Å². The smallest absolute Gasteiger partial charge is 0.217 e. The number of hydrogen-bond acceptors (Lipinski definition) is 3. The Morgan fingerprint density at radius 1 is 0.846 bits per heavy atom. The standard InChI is InChI=1S/C35H40N2O2/c1-27-14-15-28(2)32(24-27)25-37(22-9-23-39-33-19-16-29(17-20-33)18-21-35(36)38)26-34(30-10-5-3-6-11-30)31-12-7-4-8-13-31/h3-8,10-17,19-20,24,34H,9,18,21-23,25-26H2,1-2H3,(H2,36,38). The molecule has 39 heavy (non-hydrogen) atoms. The van der Waals surface area contributed by atoms with E-state index in [4.69, 9.17) is 10.5 Å². The first-order valence-electron chi connectivity index (χ1n) is 13.9. The molecule has 0 radical (unpaired) electrons. The molecule has 0 aromatic heterocycles. The van der Waals surface area contributed by atoms with Crippen molar-refractivity contribution in [2.75, 3.05) is 19.7 Å². The number of carbonyl (C=O) groups excluding carboxylic acids is 1. The zero-order chi connectivity index (χ0) is 27.5. The van der Waals surface area contributed by atoms with E-state index in [0.29, 0.717) is 19.4 Å². The number of carbonyl (C=O) groups is 1. The minimum absolute atomic E-state index is 0.275. The lowest BCUT2D eigenvalue weighted by Crippen LogP contribution is -2.31. The fourth-order valence-electron chi connectivity index (χ4n) is 4.98. The topological polar surface area (TPSA) is 55.6 Å². The first-order chi connectivity index (χ1) is 19.0. The number of benzene rings is 4. The van der Waals surface area contributed by atoms with Gasteiger partial charge in [0.2, 0.25) is 5.91 Å². The highest BCUT2D eigenvalue weighted by atomic mass is 16.5. The van der Waals surface area contributed by atoms with Gasteiger partial charge < -0.3 is 10.5 Å². The molecule has 4 heteroatoms.